The summed E-state index contributed by atoms with van der Waals surface area (Å²) in [5, 5.41) is 0.00440. The van der Waals surface area contributed by atoms with Gasteiger partial charge in [0.25, 0.3) is 0 Å². The molecule has 1 aromatic carbocycles. The monoisotopic (exact) mass is 330 g/mol. The third-order valence-electron chi connectivity index (χ3n) is 2.23. The van der Waals surface area contributed by atoms with Gasteiger partial charge < -0.3 is 10.5 Å². The molecular formula is C12H9BrClFN2O. The molecule has 94 valence electrons. The summed E-state index contributed by atoms with van der Waals surface area (Å²) in [6, 6.07) is 6.22. The van der Waals surface area contributed by atoms with Gasteiger partial charge >= 0.3 is 0 Å². The van der Waals surface area contributed by atoms with E-state index in [-0.39, 0.29) is 17.3 Å². The minimum Gasteiger partial charge on any atom is -0.452 e. The van der Waals surface area contributed by atoms with E-state index in [0.717, 1.165) is 4.47 Å². The zero-order valence-corrected chi connectivity index (χ0v) is 11.5. The maximum Gasteiger partial charge on any atom is 0.184 e. The lowest BCUT2D eigenvalue weighted by atomic mass is 10.3. The van der Waals surface area contributed by atoms with E-state index in [0.29, 0.717) is 11.4 Å². The summed E-state index contributed by atoms with van der Waals surface area (Å²) in [5.74, 6) is -0.174. The highest BCUT2D eigenvalue weighted by molar-refractivity contribution is 9.10. The summed E-state index contributed by atoms with van der Waals surface area (Å²) in [4.78, 5) is 4.09. The zero-order valence-electron chi connectivity index (χ0n) is 9.16. The predicted molar refractivity (Wildman–Crippen MR) is 71.3 cm³/mol. The van der Waals surface area contributed by atoms with Crippen LogP contribution in [0.3, 0.4) is 0 Å². The number of hydrogen-bond acceptors (Lipinski definition) is 3. The maximum atomic E-state index is 13.7. The van der Waals surface area contributed by atoms with Crippen molar-refractivity contribution < 1.29 is 9.13 Å². The molecule has 0 bridgehead atoms. The number of rotatable bonds is 3. The predicted octanol–water partition coefficient (Wildman–Crippen LogP) is 3.89. The van der Waals surface area contributed by atoms with E-state index in [4.69, 9.17) is 22.1 Å². The fourth-order valence-corrected chi connectivity index (χ4v) is 1.85. The first kappa shape index (κ1) is 13.3. The van der Waals surface area contributed by atoms with Gasteiger partial charge in [-0.15, -0.1) is 0 Å². The molecule has 2 N–H and O–H groups in total. The van der Waals surface area contributed by atoms with Crippen LogP contribution in [0.5, 0.6) is 11.5 Å². The second-order valence-corrected chi connectivity index (χ2v) is 4.78. The molecule has 1 heterocycles. The Kier molecular flexibility index (Phi) is 4.16. The second kappa shape index (κ2) is 5.65. The first-order valence-electron chi connectivity index (χ1n) is 5.08. The van der Waals surface area contributed by atoms with Crippen molar-refractivity contribution in [1.29, 1.82) is 0 Å². The van der Waals surface area contributed by atoms with Crippen LogP contribution in [0.4, 0.5) is 4.39 Å². The summed E-state index contributed by atoms with van der Waals surface area (Å²) in [6.45, 7) is 0.199. The summed E-state index contributed by atoms with van der Waals surface area (Å²) in [6.07, 6.45) is 1.60. The van der Waals surface area contributed by atoms with Gasteiger partial charge in [-0.05, 0) is 34.1 Å². The Morgan fingerprint density at radius 2 is 2.17 bits per heavy atom. The molecule has 18 heavy (non-hydrogen) atoms. The molecule has 2 rings (SSSR count). The van der Waals surface area contributed by atoms with E-state index < -0.39 is 5.82 Å². The topological polar surface area (TPSA) is 48.1 Å². The maximum absolute atomic E-state index is 13.7. The molecule has 0 saturated carbocycles. The molecule has 3 nitrogen and oxygen atoms in total. The molecule has 1 aromatic heterocycles. The van der Waals surface area contributed by atoms with Crippen molar-refractivity contribution in [2.45, 2.75) is 6.54 Å². The Labute approximate surface area is 117 Å². The molecule has 0 aliphatic carbocycles. The van der Waals surface area contributed by atoms with Crippen LogP contribution in [0.25, 0.3) is 0 Å². The molecule has 0 saturated heterocycles. The van der Waals surface area contributed by atoms with Crippen LogP contribution in [-0.4, -0.2) is 4.98 Å². The van der Waals surface area contributed by atoms with Gasteiger partial charge in [0.05, 0.1) is 10.7 Å². The van der Waals surface area contributed by atoms with Gasteiger partial charge in [0.15, 0.2) is 17.3 Å². The smallest absolute Gasteiger partial charge is 0.184 e. The van der Waals surface area contributed by atoms with Gasteiger partial charge in [0.1, 0.15) is 0 Å². The molecule has 2 aromatic rings. The van der Waals surface area contributed by atoms with E-state index in [1.54, 1.807) is 18.3 Å². The van der Waals surface area contributed by atoms with Crippen LogP contribution < -0.4 is 10.5 Å². The molecule has 0 radical (unpaired) electrons. The van der Waals surface area contributed by atoms with Crippen LogP contribution in [0.15, 0.2) is 34.9 Å². The number of benzene rings is 1. The molecule has 0 atom stereocenters. The summed E-state index contributed by atoms with van der Waals surface area (Å²) in [5.41, 5.74) is 6.08. The van der Waals surface area contributed by atoms with E-state index in [9.17, 15) is 4.39 Å². The average Bonchev–Trinajstić information content (AvgIpc) is 2.35. The van der Waals surface area contributed by atoms with Crippen LogP contribution in [0, 0.1) is 5.82 Å². The lowest BCUT2D eigenvalue weighted by molar-refractivity contribution is 0.435. The van der Waals surface area contributed by atoms with Gasteiger partial charge in [-0.3, -0.25) is 4.98 Å². The molecule has 0 aliphatic heterocycles. The van der Waals surface area contributed by atoms with Gasteiger partial charge in [-0.2, -0.15) is 0 Å². The highest BCUT2D eigenvalue weighted by Gasteiger charge is 2.11. The number of ether oxygens (including phenoxy) is 1. The first-order valence-corrected chi connectivity index (χ1v) is 6.25. The average molecular weight is 332 g/mol. The molecule has 0 fully saturated rings. The normalized spacial score (nSPS) is 10.4. The van der Waals surface area contributed by atoms with Crippen molar-refractivity contribution in [2.24, 2.45) is 5.73 Å². The molecular weight excluding hydrogens is 322 g/mol. The largest absolute Gasteiger partial charge is 0.452 e. The van der Waals surface area contributed by atoms with E-state index in [2.05, 4.69) is 20.9 Å². The van der Waals surface area contributed by atoms with E-state index in [1.165, 1.54) is 12.1 Å². The Hall–Kier alpha value is -1.17. The van der Waals surface area contributed by atoms with Crippen LogP contribution in [0.2, 0.25) is 5.02 Å². The molecule has 0 spiro atoms. The van der Waals surface area contributed by atoms with Crippen molar-refractivity contribution in [3.05, 3.63) is 51.5 Å². The third kappa shape index (κ3) is 2.80. The van der Waals surface area contributed by atoms with E-state index >= 15 is 0 Å². The Morgan fingerprint density at radius 1 is 1.39 bits per heavy atom. The standard InChI is InChI=1S/C12H9BrClFN2O/c13-7-4-11(9(5-16)17-6-7)18-10-3-1-2-8(14)12(10)15/h1-4,6H,5,16H2. The minimum atomic E-state index is -0.609. The number of halogens is 3. The lowest BCUT2D eigenvalue weighted by Gasteiger charge is -2.10. The number of nitrogens with two attached hydrogens (primary N) is 1. The van der Waals surface area contributed by atoms with Gasteiger partial charge in [0.2, 0.25) is 0 Å². The second-order valence-electron chi connectivity index (χ2n) is 3.46. The quantitative estimate of drug-likeness (QED) is 0.928. The number of hydrogen-bond donors (Lipinski definition) is 1. The minimum absolute atomic E-state index is 0.00440. The number of pyridine rings is 1. The summed E-state index contributed by atoms with van der Waals surface area (Å²) < 4.78 is 19.9. The van der Waals surface area contributed by atoms with Crippen molar-refractivity contribution in [3.8, 4) is 11.5 Å². The van der Waals surface area contributed by atoms with Crippen LogP contribution in [0.1, 0.15) is 5.69 Å². The fourth-order valence-electron chi connectivity index (χ4n) is 1.37. The van der Waals surface area contributed by atoms with E-state index in [1.807, 2.05) is 0 Å². The van der Waals surface area contributed by atoms with Gasteiger partial charge in [-0.25, -0.2) is 4.39 Å². The van der Waals surface area contributed by atoms with Crippen molar-refractivity contribution in [1.82, 2.24) is 4.98 Å². The molecule has 6 heteroatoms. The van der Waals surface area contributed by atoms with Crippen LogP contribution >= 0.6 is 27.5 Å². The summed E-state index contributed by atoms with van der Waals surface area (Å²) in [7, 11) is 0. The zero-order chi connectivity index (χ0) is 13.1. The first-order chi connectivity index (χ1) is 8.61. The Bertz CT molecular complexity index is 580. The highest BCUT2D eigenvalue weighted by Crippen LogP contribution is 2.31. The van der Waals surface area contributed by atoms with Crippen molar-refractivity contribution in [3.63, 3.8) is 0 Å². The number of aromatic nitrogens is 1. The highest BCUT2D eigenvalue weighted by atomic mass is 79.9. The van der Waals surface area contributed by atoms with Gasteiger partial charge in [0, 0.05) is 17.2 Å². The van der Waals surface area contributed by atoms with Gasteiger partial charge in [-0.1, -0.05) is 17.7 Å². The lowest BCUT2D eigenvalue weighted by Crippen LogP contribution is -2.02. The fraction of sp³-hybridized carbons (Fsp3) is 0.0833. The number of nitrogens with zero attached hydrogens (tertiary/aromatic N) is 1. The SMILES string of the molecule is NCc1ncc(Br)cc1Oc1cccc(Cl)c1F. The molecule has 0 amide bonds. The van der Waals surface area contributed by atoms with Crippen molar-refractivity contribution >= 4 is 27.5 Å². The third-order valence-corrected chi connectivity index (χ3v) is 2.95. The Balaban J connectivity index is 2.39. The van der Waals surface area contributed by atoms with Crippen molar-refractivity contribution in [2.75, 3.05) is 0 Å². The molecule has 0 aliphatic rings. The van der Waals surface area contributed by atoms with Crippen LogP contribution in [-0.2, 0) is 6.54 Å². The Morgan fingerprint density at radius 3 is 2.89 bits per heavy atom. The molecule has 0 unspecified atom stereocenters. The summed E-state index contributed by atoms with van der Waals surface area (Å²) >= 11 is 8.95.